The fourth-order valence-corrected chi connectivity index (χ4v) is 5.13. The topological polar surface area (TPSA) is 43.1 Å². The Kier molecular flexibility index (Phi) is 6.48. The molecule has 0 aliphatic heterocycles. The van der Waals surface area contributed by atoms with Crippen LogP contribution in [0, 0.1) is 29.1 Å². The molecule has 2 heteroatoms. The van der Waals surface area contributed by atoms with E-state index in [1.807, 2.05) is 0 Å². The Bertz CT molecular complexity index is 430. The first-order valence-corrected chi connectivity index (χ1v) is 9.83. The van der Waals surface area contributed by atoms with Crippen LogP contribution in [0.3, 0.4) is 0 Å². The summed E-state index contributed by atoms with van der Waals surface area (Å²) in [7, 11) is 0. The highest BCUT2D eigenvalue weighted by molar-refractivity contribution is 5.87. The van der Waals surface area contributed by atoms with Crippen LogP contribution >= 0.6 is 0 Å². The zero-order valence-electron chi connectivity index (χ0n) is 15.7. The first kappa shape index (κ1) is 18.7. The van der Waals surface area contributed by atoms with Crippen molar-refractivity contribution in [3.63, 3.8) is 0 Å². The van der Waals surface area contributed by atoms with Crippen LogP contribution in [-0.4, -0.2) is 11.8 Å². The predicted molar refractivity (Wildman–Crippen MR) is 98.1 cm³/mol. The fraction of sp³-hybridized carbons (Fsp3) is 0.857. The Labute approximate surface area is 143 Å². The van der Waals surface area contributed by atoms with Crippen LogP contribution in [0.2, 0.25) is 0 Å². The number of fused-ring (bicyclic) bond motifs is 1. The second-order valence-corrected chi connectivity index (χ2v) is 8.55. The minimum Gasteiger partial charge on any atom is -0.327 e. The van der Waals surface area contributed by atoms with Crippen LogP contribution in [-0.2, 0) is 4.79 Å². The van der Waals surface area contributed by atoms with E-state index in [9.17, 15) is 4.79 Å². The average molecular weight is 320 g/mol. The monoisotopic (exact) mass is 319 g/mol. The lowest BCUT2D eigenvalue weighted by Crippen LogP contribution is -2.52. The number of carbonyl (C=O) groups is 1. The maximum Gasteiger partial charge on any atom is 0.152 e. The van der Waals surface area contributed by atoms with Gasteiger partial charge in [0.15, 0.2) is 5.78 Å². The second-order valence-electron chi connectivity index (χ2n) is 8.55. The van der Waals surface area contributed by atoms with E-state index >= 15 is 0 Å². The van der Waals surface area contributed by atoms with Crippen molar-refractivity contribution in [1.82, 2.24) is 0 Å². The summed E-state index contributed by atoms with van der Waals surface area (Å²) < 4.78 is 0. The molecular weight excluding hydrogens is 282 g/mol. The quantitative estimate of drug-likeness (QED) is 0.691. The summed E-state index contributed by atoms with van der Waals surface area (Å²) in [5, 5.41) is 0. The van der Waals surface area contributed by atoms with Gasteiger partial charge in [-0.05, 0) is 62.4 Å². The highest BCUT2D eigenvalue weighted by Crippen LogP contribution is 2.54. The summed E-state index contributed by atoms with van der Waals surface area (Å²) in [5.74, 6) is 3.35. The van der Waals surface area contributed by atoms with Crippen molar-refractivity contribution in [2.45, 2.75) is 85.1 Å². The van der Waals surface area contributed by atoms with Crippen molar-refractivity contribution in [2.75, 3.05) is 0 Å². The lowest BCUT2D eigenvalue weighted by molar-refractivity contribution is -0.112. The van der Waals surface area contributed by atoms with Crippen molar-refractivity contribution in [3.8, 4) is 0 Å². The van der Waals surface area contributed by atoms with Gasteiger partial charge in [0.25, 0.3) is 0 Å². The molecule has 2 nitrogen and oxygen atoms in total. The molecule has 0 amide bonds. The van der Waals surface area contributed by atoms with Gasteiger partial charge in [-0.3, -0.25) is 4.79 Å². The Morgan fingerprint density at radius 1 is 1.30 bits per heavy atom. The minimum atomic E-state index is 0.00360. The number of hydrogen-bond acceptors (Lipinski definition) is 2. The average Bonchev–Trinajstić information content (AvgIpc) is 2.54. The van der Waals surface area contributed by atoms with E-state index in [0.29, 0.717) is 5.92 Å². The van der Waals surface area contributed by atoms with Gasteiger partial charge in [-0.2, -0.15) is 0 Å². The molecule has 2 fully saturated rings. The number of carbonyl (C=O) groups excluding carboxylic acids is 1. The first-order chi connectivity index (χ1) is 10.9. The third kappa shape index (κ3) is 4.26. The number of rotatable bonds is 6. The van der Waals surface area contributed by atoms with Gasteiger partial charge in [0, 0.05) is 11.5 Å². The van der Waals surface area contributed by atoms with E-state index in [-0.39, 0.29) is 17.2 Å². The molecule has 2 saturated carbocycles. The number of hydrogen-bond donors (Lipinski definition) is 1. The molecule has 2 aliphatic carbocycles. The molecule has 132 valence electrons. The second kappa shape index (κ2) is 7.96. The third-order valence-corrected chi connectivity index (χ3v) is 7.03. The highest BCUT2D eigenvalue weighted by atomic mass is 16.1. The van der Waals surface area contributed by atoms with Crippen molar-refractivity contribution in [3.05, 3.63) is 12.2 Å². The molecule has 6 atom stereocenters. The minimum absolute atomic E-state index is 0.00360. The SMILES string of the molecule is CCC(C)CCC1CCCC2C1CC[C@@H](N)C2(C)/C=C\C(C)=O. The van der Waals surface area contributed by atoms with Crippen LogP contribution in [0.1, 0.15) is 79.1 Å². The molecule has 0 aromatic heterocycles. The molecule has 0 radical (unpaired) electrons. The zero-order valence-corrected chi connectivity index (χ0v) is 15.7. The molecule has 5 unspecified atom stereocenters. The van der Waals surface area contributed by atoms with Crippen molar-refractivity contribution < 1.29 is 4.79 Å². The molecule has 0 aromatic rings. The van der Waals surface area contributed by atoms with E-state index < -0.39 is 0 Å². The zero-order chi connectivity index (χ0) is 17.0. The van der Waals surface area contributed by atoms with Gasteiger partial charge in [0.2, 0.25) is 0 Å². The first-order valence-electron chi connectivity index (χ1n) is 9.83. The van der Waals surface area contributed by atoms with Crippen molar-refractivity contribution in [1.29, 1.82) is 0 Å². The summed E-state index contributed by atoms with van der Waals surface area (Å²) in [6.07, 6.45) is 14.4. The van der Waals surface area contributed by atoms with E-state index in [4.69, 9.17) is 5.73 Å². The Morgan fingerprint density at radius 2 is 2.04 bits per heavy atom. The van der Waals surface area contributed by atoms with Crippen molar-refractivity contribution in [2.24, 2.45) is 34.8 Å². The van der Waals surface area contributed by atoms with Crippen LogP contribution in [0.25, 0.3) is 0 Å². The largest absolute Gasteiger partial charge is 0.327 e. The Morgan fingerprint density at radius 3 is 2.70 bits per heavy atom. The van der Waals surface area contributed by atoms with Crippen LogP contribution in [0.15, 0.2) is 12.2 Å². The standard InChI is InChI=1S/C21H37NO/c1-5-15(2)9-10-17-7-6-8-19-18(17)11-12-20(22)21(19,4)14-13-16(3)23/h13-15,17-20H,5-12,22H2,1-4H3/b14-13-/t15?,17?,18?,19?,20-,21?/m1/s1. The lowest BCUT2D eigenvalue weighted by Gasteiger charge is -2.53. The number of ketones is 1. The van der Waals surface area contributed by atoms with Gasteiger partial charge in [-0.15, -0.1) is 0 Å². The molecular formula is C21H37NO. The molecule has 0 spiro atoms. The maximum atomic E-state index is 11.4. The maximum absolute atomic E-state index is 11.4. The molecule has 2 rings (SSSR count). The fourth-order valence-electron chi connectivity index (χ4n) is 5.13. The summed E-state index contributed by atoms with van der Waals surface area (Å²) in [6.45, 7) is 8.64. The third-order valence-electron chi connectivity index (χ3n) is 7.03. The number of nitrogens with two attached hydrogens (primary N) is 1. The summed E-state index contributed by atoms with van der Waals surface area (Å²) in [5.41, 5.74) is 6.54. The Balaban J connectivity index is 2.13. The van der Waals surface area contributed by atoms with Gasteiger partial charge in [0.1, 0.15) is 0 Å². The number of allylic oxidation sites excluding steroid dienone is 1. The Hall–Kier alpha value is -0.630. The van der Waals surface area contributed by atoms with E-state index in [2.05, 4.69) is 26.8 Å². The predicted octanol–water partition coefficient (Wildman–Crippen LogP) is 5.12. The van der Waals surface area contributed by atoms with E-state index in [1.54, 1.807) is 13.0 Å². The van der Waals surface area contributed by atoms with Crippen LogP contribution in [0.4, 0.5) is 0 Å². The lowest BCUT2D eigenvalue weighted by atomic mass is 9.53. The van der Waals surface area contributed by atoms with Gasteiger partial charge in [-0.25, -0.2) is 0 Å². The molecule has 23 heavy (non-hydrogen) atoms. The molecule has 0 saturated heterocycles. The van der Waals surface area contributed by atoms with Crippen LogP contribution < -0.4 is 5.73 Å². The normalized spacial score (nSPS) is 39.2. The molecule has 2 aliphatic rings. The molecule has 0 bridgehead atoms. The molecule has 2 N–H and O–H groups in total. The summed E-state index contributed by atoms with van der Waals surface area (Å²) in [6, 6.07) is 0.202. The van der Waals surface area contributed by atoms with Gasteiger partial charge >= 0.3 is 0 Å². The summed E-state index contributed by atoms with van der Waals surface area (Å²) >= 11 is 0. The molecule has 0 aromatic carbocycles. The highest BCUT2D eigenvalue weighted by Gasteiger charge is 2.48. The van der Waals surface area contributed by atoms with Crippen LogP contribution in [0.5, 0.6) is 0 Å². The van der Waals surface area contributed by atoms with Gasteiger partial charge in [0.05, 0.1) is 0 Å². The molecule has 0 heterocycles. The van der Waals surface area contributed by atoms with Crippen molar-refractivity contribution >= 4 is 5.78 Å². The van der Waals surface area contributed by atoms with E-state index in [1.165, 1.54) is 44.9 Å². The summed E-state index contributed by atoms with van der Waals surface area (Å²) in [4.78, 5) is 11.4. The van der Waals surface area contributed by atoms with E-state index in [0.717, 1.165) is 24.2 Å². The smallest absolute Gasteiger partial charge is 0.152 e. The van der Waals surface area contributed by atoms with Gasteiger partial charge in [-0.1, -0.05) is 52.5 Å². The van der Waals surface area contributed by atoms with Gasteiger partial charge < -0.3 is 5.73 Å².